The van der Waals surface area contributed by atoms with Crippen molar-refractivity contribution in [2.75, 3.05) is 0 Å². The lowest BCUT2D eigenvalue weighted by Crippen LogP contribution is -2.09. The number of aromatic amines is 1. The maximum atomic E-state index is 10.8. The van der Waals surface area contributed by atoms with Crippen molar-refractivity contribution in [3.8, 4) is 0 Å². The molecule has 1 aromatic heterocycles. The van der Waals surface area contributed by atoms with Gasteiger partial charge in [-0.05, 0) is 25.3 Å². The molecule has 1 aromatic rings. The number of H-pyrrole nitrogens is 1. The fourth-order valence-corrected chi connectivity index (χ4v) is 1.28. The highest BCUT2D eigenvalue weighted by molar-refractivity contribution is 5.22. The summed E-state index contributed by atoms with van der Waals surface area (Å²) in [5.41, 5.74) is 1.99. The lowest BCUT2D eigenvalue weighted by Gasteiger charge is -1.98. The van der Waals surface area contributed by atoms with Gasteiger partial charge in [0.05, 0.1) is 5.69 Å². The largest absolute Gasteiger partial charge is 0.268 e. The predicted molar refractivity (Wildman–Crippen MR) is 41.6 cm³/mol. The summed E-state index contributed by atoms with van der Waals surface area (Å²) >= 11 is 0. The van der Waals surface area contributed by atoms with Crippen LogP contribution < -0.4 is 5.56 Å². The Balaban J connectivity index is 2.47. The molecule has 3 heteroatoms. The second-order valence-corrected chi connectivity index (χ2v) is 3.07. The molecule has 3 nitrogen and oxygen atoms in total. The number of aromatic nitrogens is 2. The molecular formula is C8H10N2O. The van der Waals surface area contributed by atoms with E-state index in [0.717, 1.165) is 11.3 Å². The first-order valence-corrected chi connectivity index (χ1v) is 3.83. The van der Waals surface area contributed by atoms with Gasteiger partial charge in [-0.1, -0.05) is 0 Å². The minimum atomic E-state index is -0.105. The third-order valence-electron chi connectivity index (χ3n) is 2.00. The second kappa shape index (κ2) is 2.19. The molecule has 0 atom stereocenters. The lowest BCUT2D eigenvalue weighted by molar-refractivity contribution is 0.870. The SMILES string of the molecule is Cc1cc(=O)[nH]nc1C1CC1. The third-order valence-corrected chi connectivity index (χ3v) is 2.00. The Bertz CT molecular complexity index is 325. The number of nitrogens with zero attached hydrogens (tertiary/aromatic N) is 1. The third kappa shape index (κ3) is 1.18. The molecular weight excluding hydrogens is 140 g/mol. The average molecular weight is 150 g/mol. The van der Waals surface area contributed by atoms with E-state index in [2.05, 4.69) is 10.2 Å². The molecule has 1 N–H and O–H groups in total. The van der Waals surface area contributed by atoms with Gasteiger partial charge in [-0.15, -0.1) is 0 Å². The van der Waals surface area contributed by atoms with Crippen molar-refractivity contribution >= 4 is 0 Å². The van der Waals surface area contributed by atoms with Crippen LogP contribution in [0.5, 0.6) is 0 Å². The van der Waals surface area contributed by atoms with Gasteiger partial charge in [0, 0.05) is 12.0 Å². The molecule has 1 heterocycles. The molecule has 0 saturated heterocycles. The summed E-state index contributed by atoms with van der Waals surface area (Å²) in [7, 11) is 0. The number of hydrogen-bond donors (Lipinski definition) is 1. The van der Waals surface area contributed by atoms with E-state index in [1.165, 1.54) is 12.8 Å². The molecule has 58 valence electrons. The topological polar surface area (TPSA) is 45.8 Å². The normalized spacial score (nSPS) is 16.8. The van der Waals surface area contributed by atoms with Crippen molar-refractivity contribution < 1.29 is 0 Å². The fourth-order valence-electron chi connectivity index (χ4n) is 1.28. The zero-order chi connectivity index (χ0) is 7.84. The highest BCUT2D eigenvalue weighted by Gasteiger charge is 2.26. The summed E-state index contributed by atoms with van der Waals surface area (Å²) in [5, 5.41) is 6.46. The van der Waals surface area contributed by atoms with Gasteiger partial charge in [0.15, 0.2) is 0 Å². The fraction of sp³-hybridized carbons (Fsp3) is 0.500. The van der Waals surface area contributed by atoms with E-state index in [9.17, 15) is 4.79 Å². The van der Waals surface area contributed by atoms with E-state index in [4.69, 9.17) is 0 Å². The van der Waals surface area contributed by atoms with Gasteiger partial charge in [0.2, 0.25) is 0 Å². The van der Waals surface area contributed by atoms with Crippen LogP contribution in [-0.4, -0.2) is 10.2 Å². The summed E-state index contributed by atoms with van der Waals surface area (Å²) in [6.07, 6.45) is 2.44. The van der Waals surface area contributed by atoms with Crippen LogP contribution in [0, 0.1) is 6.92 Å². The zero-order valence-corrected chi connectivity index (χ0v) is 6.42. The minimum absolute atomic E-state index is 0.105. The lowest BCUT2D eigenvalue weighted by atomic mass is 10.2. The molecule has 1 aliphatic carbocycles. The molecule has 0 unspecified atom stereocenters. The number of hydrogen-bond acceptors (Lipinski definition) is 2. The maximum Gasteiger partial charge on any atom is 0.264 e. The Hall–Kier alpha value is -1.12. The molecule has 0 aromatic carbocycles. The monoisotopic (exact) mass is 150 g/mol. The molecule has 1 saturated carbocycles. The maximum absolute atomic E-state index is 10.8. The predicted octanol–water partition coefficient (Wildman–Crippen LogP) is 0.956. The van der Waals surface area contributed by atoms with Crippen LogP contribution in [0.3, 0.4) is 0 Å². The Morgan fingerprint density at radius 2 is 2.36 bits per heavy atom. The first-order chi connectivity index (χ1) is 5.27. The first-order valence-electron chi connectivity index (χ1n) is 3.83. The van der Waals surface area contributed by atoms with E-state index in [-0.39, 0.29) is 5.56 Å². The molecule has 0 amide bonds. The molecule has 0 bridgehead atoms. The highest BCUT2D eigenvalue weighted by atomic mass is 16.1. The van der Waals surface area contributed by atoms with Crippen molar-refractivity contribution in [1.82, 2.24) is 10.2 Å². The van der Waals surface area contributed by atoms with Gasteiger partial charge in [0.1, 0.15) is 0 Å². The molecule has 0 radical (unpaired) electrons. The van der Waals surface area contributed by atoms with Gasteiger partial charge in [0.25, 0.3) is 5.56 Å². The summed E-state index contributed by atoms with van der Waals surface area (Å²) in [6, 6.07) is 1.61. The van der Waals surface area contributed by atoms with Gasteiger partial charge in [-0.25, -0.2) is 5.10 Å². The van der Waals surface area contributed by atoms with E-state index < -0.39 is 0 Å². The Morgan fingerprint density at radius 3 is 2.91 bits per heavy atom. The van der Waals surface area contributed by atoms with Crippen molar-refractivity contribution in [2.45, 2.75) is 25.7 Å². The Morgan fingerprint density at radius 1 is 1.64 bits per heavy atom. The standard InChI is InChI=1S/C8H10N2O/c1-5-4-7(11)9-10-8(5)6-2-3-6/h4,6H,2-3H2,1H3,(H,9,11). The van der Waals surface area contributed by atoms with Gasteiger partial charge < -0.3 is 0 Å². The number of nitrogens with one attached hydrogen (secondary N) is 1. The smallest absolute Gasteiger partial charge is 0.264 e. The molecule has 1 aliphatic rings. The van der Waals surface area contributed by atoms with E-state index >= 15 is 0 Å². The van der Waals surface area contributed by atoms with Crippen molar-refractivity contribution in [3.05, 3.63) is 27.7 Å². The van der Waals surface area contributed by atoms with Gasteiger partial charge in [-0.2, -0.15) is 5.10 Å². The average Bonchev–Trinajstić information content (AvgIpc) is 2.70. The number of rotatable bonds is 1. The molecule has 11 heavy (non-hydrogen) atoms. The summed E-state index contributed by atoms with van der Waals surface area (Å²) in [6.45, 7) is 1.94. The molecule has 2 rings (SSSR count). The van der Waals surface area contributed by atoms with E-state index in [1.807, 2.05) is 6.92 Å². The van der Waals surface area contributed by atoms with E-state index in [0.29, 0.717) is 5.92 Å². The Labute approximate surface area is 64.5 Å². The van der Waals surface area contributed by atoms with Crippen LogP contribution in [0.2, 0.25) is 0 Å². The molecule has 0 spiro atoms. The zero-order valence-electron chi connectivity index (χ0n) is 6.42. The summed E-state index contributed by atoms with van der Waals surface area (Å²) in [5.74, 6) is 0.617. The van der Waals surface area contributed by atoms with Crippen LogP contribution in [0.15, 0.2) is 10.9 Å². The first kappa shape index (κ1) is 6.58. The second-order valence-electron chi connectivity index (χ2n) is 3.07. The number of aryl methyl sites for hydroxylation is 1. The van der Waals surface area contributed by atoms with Crippen LogP contribution >= 0.6 is 0 Å². The van der Waals surface area contributed by atoms with Crippen LogP contribution in [0.1, 0.15) is 30.0 Å². The van der Waals surface area contributed by atoms with Crippen LogP contribution in [-0.2, 0) is 0 Å². The van der Waals surface area contributed by atoms with Crippen LogP contribution in [0.25, 0.3) is 0 Å². The highest BCUT2D eigenvalue weighted by Crippen LogP contribution is 2.39. The van der Waals surface area contributed by atoms with E-state index in [1.54, 1.807) is 6.07 Å². The van der Waals surface area contributed by atoms with Crippen molar-refractivity contribution in [2.24, 2.45) is 0 Å². The van der Waals surface area contributed by atoms with Crippen molar-refractivity contribution in [1.29, 1.82) is 0 Å². The Kier molecular flexibility index (Phi) is 1.31. The quantitative estimate of drug-likeness (QED) is 0.648. The molecule has 1 fully saturated rings. The molecule has 0 aliphatic heterocycles. The summed E-state index contributed by atoms with van der Waals surface area (Å²) in [4.78, 5) is 10.8. The van der Waals surface area contributed by atoms with Crippen molar-refractivity contribution in [3.63, 3.8) is 0 Å². The van der Waals surface area contributed by atoms with Gasteiger partial charge >= 0.3 is 0 Å². The minimum Gasteiger partial charge on any atom is -0.268 e. The van der Waals surface area contributed by atoms with Gasteiger partial charge in [-0.3, -0.25) is 4.79 Å². The summed E-state index contributed by atoms with van der Waals surface area (Å²) < 4.78 is 0. The van der Waals surface area contributed by atoms with Crippen LogP contribution in [0.4, 0.5) is 0 Å².